The number of hydrogen-bond donors (Lipinski definition) is 2. The second-order valence-corrected chi connectivity index (χ2v) is 8.69. The van der Waals surface area contributed by atoms with Crippen LogP contribution in [0.3, 0.4) is 0 Å². The van der Waals surface area contributed by atoms with Crippen molar-refractivity contribution in [1.29, 1.82) is 0 Å². The minimum absolute atomic E-state index is 0.706. The van der Waals surface area contributed by atoms with E-state index in [0.717, 1.165) is 62.4 Å². The first-order valence-corrected chi connectivity index (χ1v) is 11.0. The van der Waals surface area contributed by atoms with Crippen molar-refractivity contribution in [3.63, 3.8) is 0 Å². The maximum atomic E-state index is 11.1. The maximum Gasteiger partial charge on any atom is 0.0945 e. The number of nitrogens with one attached hydrogen (secondary N) is 1. The summed E-state index contributed by atoms with van der Waals surface area (Å²) in [6.07, 6.45) is 11.1. The number of benzene rings is 1. The lowest BCUT2D eigenvalue weighted by Crippen LogP contribution is -2.42. The van der Waals surface area contributed by atoms with Gasteiger partial charge in [-0.15, -0.1) is 0 Å². The molecular formula is C25H26ClN3O. The van der Waals surface area contributed by atoms with Gasteiger partial charge in [0.2, 0.25) is 0 Å². The molecule has 1 fully saturated rings. The summed E-state index contributed by atoms with van der Waals surface area (Å²) in [5.41, 5.74) is 6.21. The van der Waals surface area contributed by atoms with Crippen LogP contribution in [-0.2, 0) is 5.60 Å². The van der Waals surface area contributed by atoms with E-state index in [9.17, 15) is 5.11 Å². The van der Waals surface area contributed by atoms with E-state index in [1.54, 1.807) is 0 Å². The molecule has 0 unspecified atom stereocenters. The monoisotopic (exact) mass is 419 g/mol. The number of nitrogens with zero attached hydrogens (tertiary/aromatic N) is 2. The minimum atomic E-state index is -0.742. The van der Waals surface area contributed by atoms with Crippen LogP contribution in [0.15, 0.2) is 66.4 Å². The van der Waals surface area contributed by atoms with Crippen LogP contribution in [0.25, 0.3) is 11.3 Å². The average molecular weight is 420 g/mol. The highest BCUT2D eigenvalue weighted by Gasteiger charge is 2.33. The summed E-state index contributed by atoms with van der Waals surface area (Å²) in [5, 5.41) is 15.3. The van der Waals surface area contributed by atoms with E-state index in [-0.39, 0.29) is 0 Å². The zero-order valence-corrected chi connectivity index (χ0v) is 17.7. The van der Waals surface area contributed by atoms with Crippen LogP contribution < -0.4 is 5.32 Å². The Kier molecular flexibility index (Phi) is 5.23. The van der Waals surface area contributed by atoms with Gasteiger partial charge in [-0.3, -0.25) is 4.98 Å². The Morgan fingerprint density at radius 3 is 2.77 bits per heavy atom. The topological polar surface area (TPSA) is 48.4 Å². The number of fused-ring (bicyclic) bond motifs is 2. The van der Waals surface area contributed by atoms with Crippen LogP contribution in [0.4, 0.5) is 0 Å². The Bertz CT molecular complexity index is 1030. The number of rotatable bonds is 4. The number of pyridine rings is 1. The Morgan fingerprint density at radius 1 is 1.17 bits per heavy atom. The van der Waals surface area contributed by atoms with Crippen molar-refractivity contribution in [3.05, 3.63) is 88.2 Å². The number of piperidine rings is 1. The minimum Gasteiger partial charge on any atom is -0.385 e. The Labute approximate surface area is 182 Å². The van der Waals surface area contributed by atoms with Crippen molar-refractivity contribution >= 4 is 22.9 Å². The predicted molar refractivity (Wildman–Crippen MR) is 122 cm³/mol. The third-order valence-electron chi connectivity index (χ3n) is 6.43. The van der Waals surface area contributed by atoms with E-state index in [4.69, 9.17) is 11.6 Å². The summed E-state index contributed by atoms with van der Waals surface area (Å²) in [6, 6.07) is 11.8. The van der Waals surface area contributed by atoms with Gasteiger partial charge in [0.1, 0.15) is 0 Å². The number of hydrogen-bond acceptors (Lipinski definition) is 4. The molecule has 1 aliphatic carbocycles. The fourth-order valence-electron chi connectivity index (χ4n) is 4.73. The molecule has 0 amide bonds. The zero-order valence-electron chi connectivity index (χ0n) is 16.9. The van der Waals surface area contributed by atoms with E-state index in [0.29, 0.717) is 5.02 Å². The van der Waals surface area contributed by atoms with Crippen LogP contribution >= 0.6 is 11.6 Å². The zero-order chi connectivity index (χ0) is 20.6. The van der Waals surface area contributed by atoms with Gasteiger partial charge in [0.05, 0.1) is 17.0 Å². The molecule has 4 nitrogen and oxygen atoms in total. The van der Waals surface area contributed by atoms with Gasteiger partial charge in [-0.25, -0.2) is 0 Å². The fraction of sp³-hybridized carbons (Fsp3) is 0.320. The van der Waals surface area contributed by atoms with Gasteiger partial charge in [-0.2, -0.15) is 0 Å². The van der Waals surface area contributed by atoms with E-state index >= 15 is 0 Å². The second kappa shape index (κ2) is 8.03. The average Bonchev–Trinajstić information content (AvgIpc) is 3.10. The van der Waals surface area contributed by atoms with Gasteiger partial charge in [0, 0.05) is 48.5 Å². The normalized spacial score (nSPS) is 21.5. The predicted octanol–water partition coefficient (Wildman–Crippen LogP) is 4.38. The molecule has 2 N–H and O–H groups in total. The first kappa shape index (κ1) is 19.6. The molecule has 2 aromatic rings. The molecule has 1 aromatic heterocycles. The molecule has 2 aliphatic heterocycles. The summed E-state index contributed by atoms with van der Waals surface area (Å²) in [7, 11) is 0. The molecule has 0 radical (unpaired) electrons. The van der Waals surface area contributed by atoms with Crippen LogP contribution in [-0.4, -0.2) is 41.2 Å². The summed E-state index contributed by atoms with van der Waals surface area (Å²) < 4.78 is 0. The highest BCUT2D eigenvalue weighted by molar-refractivity contribution is 6.30. The molecule has 0 saturated carbocycles. The van der Waals surface area contributed by atoms with Crippen LogP contribution in [0.1, 0.15) is 36.1 Å². The summed E-state index contributed by atoms with van der Waals surface area (Å²) in [5.74, 6) is 0. The van der Waals surface area contributed by atoms with Crippen molar-refractivity contribution in [2.24, 2.45) is 0 Å². The van der Waals surface area contributed by atoms with Crippen LogP contribution in [0, 0.1) is 0 Å². The van der Waals surface area contributed by atoms with Crippen molar-refractivity contribution in [3.8, 4) is 0 Å². The van der Waals surface area contributed by atoms with Crippen molar-refractivity contribution in [2.45, 2.75) is 24.9 Å². The molecular weight excluding hydrogens is 394 g/mol. The number of dihydropyridines is 1. The Hall–Kier alpha value is -2.40. The summed E-state index contributed by atoms with van der Waals surface area (Å²) in [4.78, 5) is 7.05. The summed E-state index contributed by atoms with van der Waals surface area (Å²) in [6.45, 7) is 3.65. The highest BCUT2D eigenvalue weighted by atomic mass is 35.5. The third kappa shape index (κ3) is 3.60. The van der Waals surface area contributed by atoms with Gasteiger partial charge in [-0.05, 0) is 48.6 Å². The largest absolute Gasteiger partial charge is 0.385 e. The van der Waals surface area contributed by atoms with Crippen molar-refractivity contribution in [1.82, 2.24) is 15.2 Å². The van der Waals surface area contributed by atoms with Crippen LogP contribution in [0.2, 0.25) is 5.02 Å². The second-order valence-electron chi connectivity index (χ2n) is 8.26. The molecule has 3 aliphatic rings. The van der Waals surface area contributed by atoms with Gasteiger partial charge in [0.25, 0.3) is 0 Å². The molecule has 1 saturated heterocycles. The molecule has 0 bridgehead atoms. The lowest BCUT2D eigenvalue weighted by atomic mass is 9.84. The molecule has 154 valence electrons. The van der Waals surface area contributed by atoms with Crippen molar-refractivity contribution < 1.29 is 5.11 Å². The Balaban J connectivity index is 1.24. The quantitative estimate of drug-likeness (QED) is 0.772. The molecule has 30 heavy (non-hydrogen) atoms. The highest BCUT2D eigenvalue weighted by Crippen LogP contribution is 2.40. The molecule has 5 rings (SSSR count). The molecule has 0 spiro atoms. The van der Waals surface area contributed by atoms with Gasteiger partial charge in [-0.1, -0.05) is 48.0 Å². The van der Waals surface area contributed by atoms with E-state index < -0.39 is 5.60 Å². The molecule has 5 heteroatoms. The van der Waals surface area contributed by atoms with Gasteiger partial charge < -0.3 is 15.3 Å². The van der Waals surface area contributed by atoms with Crippen LogP contribution in [0.5, 0.6) is 0 Å². The van der Waals surface area contributed by atoms with Gasteiger partial charge >= 0.3 is 0 Å². The SMILES string of the molecule is OC1(c2ccc(Cl)cc2)CCN(CCC=C2C3=C(NCC=C3)c3ncccc32)CC1. The first-order chi connectivity index (χ1) is 14.6. The lowest BCUT2D eigenvalue weighted by molar-refractivity contribution is -0.0254. The van der Waals surface area contributed by atoms with E-state index in [2.05, 4.69) is 39.5 Å². The first-order valence-electron chi connectivity index (χ1n) is 10.7. The van der Waals surface area contributed by atoms with E-state index in [1.165, 1.54) is 16.7 Å². The number of allylic oxidation sites excluding steroid dienone is 3. The summed E-state index contributed by atoms with van der Waals surface area (Å²) >= 11 is 5.99. The third-order valence-corrected chi connectivity index (χ3v) is 6.69. The Morgan fingerprint density at radius 2 is 1.97 bits per heavy atom. The number of halogens is 1. The number of aromatic nitrogens is 1. The molecule has 3 heterocycles. The fourth-order valence-corrected chi connectivity index (χ4v) is 4.85. The molecule has 0 atom stereocenters. The number of likely N-dealkylation sites (tertiary alicyclic amines) is 1. The van der Waals surface area contributed by atoms with Crippen molar-refractivity contribution in [2.75, 3.05) is 26.2 Å². The van der Waals surface area contributed by atoms with E-state index in [1.807, 2.05) is 36.5 Å². The lowest BCUT2D eigenvalue weighted by Gasteiger charge is -2.38. The molecule has 1 aromatic carbocycles. The maximum absolute atomic E-state index is 11.1. The smallest absolute Gasteiger partial charge is 0.0945 e. The standard InChI is InChI=1S/C25H26ClN3O/c26-19-9-7-18(8-10-19)25(30)11-16-29(17-12-25)15-3-6-20-21-4-1-13-27-23(21)24-22(20)5-2-14-28-24/h1-2,4-10,13,28,30H,3,11-12,14-17H2. The number of aliphatic hydroxyl groups is 1. The van der Waals surface area contributed by atoms with Gasteiger partial charge in [0.15, 0.2) is 0 Å².